The molecule has 0 saturated carbocycles. The van der Waals surface area contributed by atoms with Crippen molar-refractivity contribution in [3.63, 3.8) is 0 Å². The maximum Gasteiger partial charge on any atom is 0.230 e. The summed E-state index contributed by atoms with van der Waals surface area (Å²) in [7, 11) is 3.26. The van der Waals surface area contributed by atoms with Crippen molar-refractivity contribution in [2.45, 2.75) is 25.8 Å². The minimum Gasteiger partial charge on any atom is -0.493 e. The minimum atomic E-state index is -0.192. The third kappa shape index (κ3) is 3.40. The first kappa shape index (κ1) is 17.1. The quantitative estimate of drug-likeness (QED) is 0.869. The number of carbonyl (C=O) groups excluding carboxylic acids is 1. The highest BCUT2D eigenvalue weighted by atomic mass is 16.5. The minimum absolute atomic E-state index is 0.130. The molecule has 25 heavy (non-hydrogen) atoms. The van der Waals surface area contributed by atoms with Crippen molar-refractivity contribution in [2.24, 2.45) is 0 Å². The van der Waals surface area contributed by atoms with E-state index in [2.05, 4.69) is 0 Å². The molecule has 0 spiro atoms. The smallest absolute Gasteiger partial charge is 0.230 e. The molecule has 1 amide bonds. The van der Waals surface area contributed by atoms with Crippen LogP contribution in [0.2, 0.25) is 0 Å². The van der Waals surface area contributed by atoms with Gasteiger partial charge in [0.1, 0.15) is 0 Å². The van der Waals surface area contributed by atoms with Gasteiger partial charge in [-0.25, -0.2) is 0 Å². The lowest BCUT2D eigenvalue weighted by Crippen LogP contribution is -2.38. The van der Waals surface area contributed by atoms with Gasteiger partial charge in [-0.3, -0.25) is 4.79 Å². The highest BCUT2D eigenvalue weighted by molar-refractivity contribution is 5.83. The Hall–Kier alpha value is -2.69. The molecule has 1 aliphatic heterocycles. The van der Waals surface area contributed by atoms with Crippen molar-refractivity contribution in [3.8, 4) is 11.5 Å². The molecule has 132 valence electrons. The van der Waals surface area contributed by atoms with Gasteiger partial charge >= 0.3 is 0 Å². The van der Waals surface area contributed by atoms with Crippen LogP contribution in [0.4, 0.5) is 5.69 Å². The van der Waals surface area contributed by atoms with Gasteiger partial charge in [0, 0.05) is 18.8 Å². The summed E-state index contributed by atoms with van der Waals surface area (Å²) in [6, 6.07) is 11.5. The van der Waals surface area contributed by atoms with Gasteiger partial charge in [0.15, 0.2) is 11.5 Å². The third-order valence-corrected chi connectivity index (χ3v) is 4.84. The number of amides is 1. The van der Waals surface area contributed by atoms with E-state index in [1.165, 1.54) is 5.56 Å². The number of anilines is 1. The number of nitrogens with two attached hydrogens (primary N) is 1. The lowest BCUT2D eigenvalue weighted by molar-refractivity contribution is -0.133. The maximum absolute atomic E-state index is 12.9. The second-order valence-electron chi connectivity index (χ2n) is 6.37. The summed E-state index contributed by atoms with van der Waals surface area (Å²) in [4.78, 5) is 14.8. The van der Waals surface area contributed by atoms with Crippen LogP contribution >= 0.6 is 0 Å². The van der Waals surface area contributed by atoms with Gasteiger partial charge in [-0.15, -0.1) is 0 Å². The molecular formula is C20H24N2O3. The molecule has 2 aromatic rings. The number of methoxy groups -OCH3 is 2. The van der Waals surface area contributed by atoms with Crippen molar-refractivity contribution in [2.75, 3.05) is 26.5 Å². The molecule has 1 heterocycles. The lowest BCUT2D eigenvalue weighted by Gasteiger charge is -2.31. The van der Waals surface area contributed by atoms with Crippen LogP contribution in [0.25, 0.3) is 0 Å². The fraction of sp³-hybridized carbons (Fsp3) is 0.350. The van der Waals surface area contributed by atoms with E-state index in [1.54, 1.807) is 14.2 Å². The first-order chi connectivity index (χ1) is 12.0. The highest BCUT2D eigenvalue weighted by Gasteiger charge is 2.26. The van der Waals surface area contributed by atoms with Crippen LogP contribution in [0.15, 0.2) is 36.4 Å². The van der Waals surface area contributed by atoms with Crippen molar-refractivity contribution >= 4 is 11.6 Å². The first-order valence-corrected chi connectivity index (χ1v) is 8.41. The molecule has 0 fully saturated rings. The van der Waals surface area contributed by atoms with Gasteiger partial charge in [0.2, 0.25) is 5.91 Å². The van der Waals surface area contributed by atoms with Crippen LogP contribution in [0, 0.1) is 0 Å². The predicted octanol–water partition coefficient (Wildman–Crippen LogP) is 2.97. The molecule has 0 aliphatic carbocycles. The fourth-order valence-corrected chi connectivity index (χ4v) is 3.27. The Kier molecular flexibility index (Phi) is 4.83. The summed E-state index contributed by atoms with van der Waals surface area (Å²) >= 11 is 0. The molecule has 3 rings (SSSR count). The predicted molar refractivity (Wildman–Crippen MR) is 97.9 cm³/mol. The number of nitrogen functional groups attached to an aromatic ring is 1. The Labute approximate surface area is 148 Å². The molecule has 0 saturated heterocycles. The monoisotopic (exact) mass is 340 g/mol. The first-order valence-electron chi connectivity index (χ1n) is 8.41. The van der Waals surface area contributed by atoms with Gasteiger partial charge in [0.05, 0.1) is 20.1 Å². The summed E-state index contributed by atoms with van der Waals surface area (Å²) in [5.74, 6) is 1.37. The normalized spacial score (nSPS) is 14.6. The van der Waals surface area contributed by atoms with E-state index in [9.17, 15) is 4.79 Å². The Morgan fingerprint density at radius 1 is 1.08 bits per heavy atom. The van der Waals surface area contributed by atoms with Gasteiger partial charge in [0.25, 0.3) is 0 Å². The van der Waals surface area contributed by atoms with Crippen molar-refractivity contribution < 1.29 is 14.3 Å². The summed E-state index contributed by atoms with van der Waals surface area (Å²) < 4.78 is 10.8. The molecule has 0 aromatic heterocycles. The van der Waals surface area contributed by atoms with Crippen molar-refractivity contribution in [1.29, 1.82) is 0 Å². The molecular weight excluding hydrogens is 316 g/mol. The number of nitrogens with zero attached hydrogens (tertiary/aromatic N) is 1. The van der Waals surface area contributed by atoms with Crippen molar-refractivity contribution in [1.82, 2.24) is 4.90 Å². The third-order valence-electron chi connectivity index (χ3n) is 4.84. The number of rotatable bonds is 4. The van der Waals surface area contributed by atoms with E-state index in [-0.39, 0.29) is 11.8 Å². The Bertz CT molecular complexity index is 771. The Morgan fingerprint density at radius 2 is 1.68 bits per heavy atom. The number of carbonyl (C=O) groups is 1. The number of fused-ring (bicyclic) bond motifs is 1. The number of hydrogen-bond donors (Lipinski definition) is 1. The summed E-state index contributed by atoms with van der Waals surface area (Å²) in [5, 5.41) is 0. The SMILES string of the molecule is COc1cc2c(cc1OC)CN(C(=O)C(C)c1ccc(N)cc1)CC2. The molecule has 2 aromatic carbocycles. The maximum atomic E-state index is 12.9. The largest absolute Gasteiger partial charge is 0.493 e. The van der Waals surface area contributed by atoms with E-state index in [0.29, 0.717) is 24.5 Å². The second kappa shape index (κ2) is 7.05. The zero-order valence-electron chi connectivity index (χ0n) is 14.9. The standard InChI is InChI=1S/C20H24N2O3/c1-13(14-4-6-17(21)7-5-14)20(23)22-9-8-15-10-18(24-2)19(25-3)11-16(15)12-22/h4-7,10-11,13H,8-9,12,21H2,1-3H3. The topological polar surface area (TPSA) is 64.8 Å². The van der Waals surface area contributed by atoms with E-state index in [1.807, 2.05) is 48.2 Å². The second-order valence-corrected chi connectivity index (χ2v) is 6.37. The molecule has 2 N–H and O–H groups in total. The number of hydrogen-bond acceptors (Lipinski definition) is 4. The van der Waals surface area contributed by atoms with E-state index in [0.717, 1.165) is 23.3 Å². The van der Waals surface area contributed by atoms with Crippen LogP contribution in [-0.4, -0.2) is 31.6 Å². The van der Waals surface area contributed by atoms with Crippen LogP contribution < -0.4 is 15.2 Å². The highest BCUT2D eigenvalue weighted by Crippen LogP contribution is 2.34. The number of ether oxygens (including phenoxy) is 2. The van der Waals surface area contributed by atoms with Crippen LogP contribution in [-0.2, 0) is 17.8 Å². The summed E-state index contributed by atoms with van der Waals surface area (Å²) in [6.07, 6.45) is 0.815. The molecule has 1 atom stereocenters. The van der Waals surface area contributed by atoms with Gasteiger partial charge in [-0.1, -0.05) is 12.1 Å². The van der Waals surface area contributed by atoms with E-state index in [4.69, 9.17) is 15.2 Å². The Morgan fingerprint density at radius 3 is 2.28 bits per heavy atom. The summed E-state index contributed by atoms with van der Waals surface area (Å²) in [5.41, 5.74) is 9.74. The molecule has 5 heteroatoms. The molecule has 1 unspecified atom stereocenters. The summed E-state index contributed by atoms with van der Waals surface area (Å²) in [6.45, 7) is 3.24. The molecule has 0 radical (unpaired) electrons. The molecule has 5 nitrogen and oxygen atoms in total. The average Bonchev–Trinajstić information content (AvgIpc) is 2.65. The van der Waals surface area contributed by atoms with Crippen LogP contribution in [0.3, 0.4) is 0 Å². The fourth-order valence-electron chi connectivity index (χ4n) is 3.27. The zero-order valence-corrected chi connectivity index (χ0v) is 14.9. The van der Waals surface area contributed by atoms with Gasteiger partial charge in [-0.05, 0) is 54.3 Å². The van der Waals surface area contributed by atoms with Crippen LogP contribution in [0.1, 0.15) is 29.5 Å². The van der Waals surface area contributed by atoms with Gasteiger partial charge < -0.3 is 20.1 Å². The molecule has 1 aliphatic rings. The van der Waals surface area contributed by atoms with E-state index < -0.39 is 0 Å². The molecule has 0 bridgehead atoms. The average molecular weight is 340 g/mol. The Balaban J connectivity index is 1.79. The van der Waals surface area contributed by atoms with Gasteiger partial charge in [-0.2, -0.15) is 0 Å². The number of benzene rings is 2. The van der Waals surface area contributed by atoms with E-state index >= 15 is 0 Å². The van der Waals surface area contributed by atoms with Crippen molar-refractivity contribution in [3.05, 3.63) is 53.1 Å². The van der Waals surface area contributed by atoms with Crippen LogP contribution in [0.5, 0.6) is 11.5 Å². The zero-order chi connectivity index (χ0) is 18.0. The lowest BCUT2D eigenvalue weighted by atomic mass is 9.95.